The van der Waals surface area contributed by atoms with Crippen molar-refractivity contribution in [3.63, 3.8) is 0 Å². The molecular formula is C13H16ClN3OS. The van der Waals surface area contributed by atoms with Crippen LogP contribution >= 0.6 is 22.9 Å². The van der Waals surface area contributed by atoms with Crippen molar-refractivity contribution in [1.29, 1.82) is 0 Å². The molecule has 19 heavy (non-hydrogen) atoms. The monoisotopic (exact) mass is 297 g/mol. The van der Waals surface area contributed by atoms with Crippen LogP contribution in [0.3, 0.4) is 0 Å². The van der Waals surface area contributed by atoms with Crippen molar-refractivity contribution in [2.24, 2.45) is 11.7 Å². The fourth-order valence-corrected chi connectivity index (χ4v) is 2.94. The van der Waals surface area contributed by atoms with Crippen LogP contribution in [-0.2, 0) is 4.79 Å². The van der Waals surface area contributed by atoms with Gasteiger partial charge >= 0.3 is 0 Å². The predicted octanol–water partition coefficient (Wildman–Crippen LogP) is 3.26. The summed E-state index contributed by atoms with van der Waals surface area (Å²) in [6.45, 7) is 2.56. The second-order valence-corrected chi connectivity index (χ2v) is 5.86. The topological polar surface area (TPSA) is 68.0 Å². The molecule has 0 aliphatic rings. The van der Waals surface area contributed by atoms with Crippen molar-refractivity contribution in [3.8, 4) is 0 Å². The third kappa shape index (κ3) is 3.65. The lowest BCUT2D eigenvalue weighted by Gasteiger charge is -2.10. The number of hydrogen-bond donors (Lipinski definition) is 2. The van der Waals surface area contributed by atoms with E-state index in [9.17, 15) is 4.79 Å². The van der Waals surface area contributed by atoms with Crippen molar-refractivity contribution in [3.05, 3.63) is 23.2 Å². The quantitative estimate of drug-likeness (QED) is 0.890. The van der Waals surface area contributed by atoms with E-state index in [-0.39, 0.29) is 11.8 Å². The molecule has 6 heteroatoms. The number of aromatic nitrogens is 1. The van der Waals surface area contributed by atoms with Gasteiger partial charge in [-0.25, -0.2) is 4.98 Å². The second-order valence-electron chi connectivity index (χ2n) is 4.39. The molecule has 2 rings (SSSR count). The highest BCUT2D eigenvalue weighted by atomic mass is 35.5. The lowest BCUT2D eigenvalue weighted by molar-refractivity contribution is -0.117. The van der Waals surface area contributed by atoms with Gasteiger partial charge in [0.25, 0.3) is 0 Å². The Bertz CT molecular complexity index is 580. The van der Waals surface area contributed by atoms with E-state index in [0.717, 1.165) is 16.6 Å². The fraction of sp³-hybridized carbons (Fsp3) is 0.385. The van der Waals surface area contributed by atoms with Crippen molar-refractivity contribution in [1.82, 2.24) is 4.98 Å². The smallest absolute Gasteiger partial charge is 0.226 e. The normalized spacial score (nSPS) is 12.6. The number of carbonyl (C=O) groups is 1. The number of benzene rings is 1. The maximum absolute atomic E-state index is 11.9. The van der Waals surface area contributed by atoms with Crippen LogP contribution in [0.1, 0.15) is 19.8 Å². The summed E-state index contributed by atoms with van der Waals surface area (Å²) in [4.78, 5) is 16.2. The summed E-state index contributed by atoms with van der Waals surface area (Å²) in [7, 11) is 0. The minimum Gasteiger partial charge on any atom is -0.330 e. The zero-order valence-electron chi connectivity index (χ0n) is 10.6. The minimum atomic E-state index is -0.0394. The molecule has 0 radical (unpaired) electrons. The fourth-order valence-electron chi connectivity index (χ4n) is 1.78. The molecule has 2 aromatic rings. The number of fused-ring (bicyclic) bond motifs is 1. The number of amides is 1. The third-order valence-electron chi connectivity index (χ3n) is 2.98. The summed E-state index contributed by atoms with van der Waals surface area (Å²) in [5.41, 5.74) is 6.44. The molecule has 1 unspecified atom stereocenters. The van der Waals surface area contributed by atoms with Crippen LogP contribution in [0.25, 0.3) is 10.2 Å². The van der Waals surface area contributed by atoms with E-state index < -0.39 is 0 Å². The van der Waals surface area contributed by atoms with E-state index in [1.165, 1.54) is 11.3 Å². The Morgan fingerprint density at radius 3 is 3.05 bits per heavy atom. The van der Waals surface area contributed by atoms with E-state index in [0.29, 0.717) is 23.1 Å². The van der Waals surface area contributed by atoms with Gasteiger partial charge in [-0.05, 0) is 30.7 Å². The molecule has 1 heterocycles. The number of anilines is 1. The Balaban J connectivity index is 2.06. The van der Waals surface area contributed by atoms with Crippen LogP contribution in [0, 0.1) is 5.92 Å². The van der Waals surface area contributed by atoms with Crippen molar-refractivity contribution in [2.45, 2.75) is 19.8 Å². The van der Waals surface area contributed by atoms with Crippen LogP contribution in [0.2, 0.25) is 5.02 Å². The van der Waals surface area contributed by atoms with Crippen molar-refractivity contribution < 1.29 is 4.79 Å². The van der Waals surface area contributed by atoms with E-state index in [4.69, 9.17) is 17.3 Å². The Morgan fingerprint density at radius 1 is 1.58 bits per heavy atom. The molecule has 102 valence electrons. The molecule has 0 aliphatic carbocycles. The Hall–Kier alpha value is -1.17. The molecule has 1 aromatic heterocycles. The van der Waals surface area contributed by atoms with Gasteiger partial charge in [-0.15, -0.1) is 0 Å². The zero-order valence-corrected chi connectivity index (χ0v) is 12.2. The van der Waals surface area contributed by atoms with Crippen LogP contribution < -0.4 is 11.1 Å². The standard InChI is InChI=1S/C13H16ClN3OS/c1-2-8(7-15)5-12(18)17-13-16-10-4-3-9(14)6-11(10)19-13/h3-4,6,8H,2,5,7,15H2,1H3,(H,16,17,18). The van der Waals surface area contributed by atoms with Crippen LogP contribution in [-0.4, -0.2) is 17.4 Å². The summed E-state index contributed by atoms with van der Waals surface area (Å²) in [6.07, 6.45) is 1.34. The molecule has 1 atom stereocenters. The maximum Gasteiger partial charge on any atom is 0.226 e. The minimum absolute atomic E-state index is 0.0394. The average molecular weight is 298 g/mol. The molecule has 4 nitrogen and oxygen atoms in total. The summed E-state index contributed by atoms with van der Waals surface area (Å²) >= 11 is 7.34. The maximum atomic E-state index is 11.9. The molecule has 0 spiro atoms. The molecule has 0 bridgehead atoms. The summed E-state index contributed by atoms with van der Waals surface area (Å²) in [5.74, 6) is 0.186. The lowest BCUT2D eigenvalue weighted by Crippen LogP contribution is -2.21. The lowest BCUT2D eigenvalue weighted by atomic mass is 10.0. The first kappa shape index (κ1) is 14.2. The summed E-state index contributed by atoms with van der Waals surface area (Å²) in [6, 6.07) is 5.48. The van der Waals surface area contributed by atoms with Gasteiger partial charge in [0.15, 0.2) is 5.13 Å². The third-order valence-corrected chi connectivity index (χ3v) is 4.15. The zero-order chi connectivity index (χ0) is 13.8. The van der Waals surface area contributed by atoms with E-state index in [2.05, 4.69) is 10.3 Å². The Labute approximate surface area is 121 Å². The molecule has 0 aliphatic heterocycles. The van der Waals surface area contributed by atoms with Gasteiger partial charge in [0.1, 0.15) is 0 Å². The van der Waals surface area contributed by atoms with Crippen LogP contribution in [0.5, 0.6) is 0 Å². The highest BCUT2D eigenvalue weighted by molar-refractivity contribution is 7.22. The molecule has 1 amide bonds. The Kier molecular flexibility index (Phi) is 4.74. The first-order valence-corrected chi connectivity index (χ1v) is 7.37. The molecule has 1 aromatic carbocycles. The highest BCUT2D eigenvalue weighted by Crippen LogP contribution is 2.28. The SMILES string of the molecule is CCC(CN)CC(=O)Nc1nc2ccc(Cl)cc2s1. The van der Waals surface area contributed by atoms with Gasteiger partial charge in [-0.3, -0.25) is 4.79 Å². The number of thiazole rings is 1. The average Bonchev–Trinajstić information content (AvgIpc) is 2.77. The number of nitrogens with two attached hydrogens (primary N) is 1. The molecule has 0 fully saturated rings. The predicted molar refractivity (Wildman–Crippen MR) is 80.7 cm³/mol. The first-order chi connectivity index (χ1) is 9.12. The molecule has 0 saturated heterocycles. The number of rotatable bonds is 5. The van der Waals surface area contributed by atoms with E-state index in [1.807, 2.05) is 19.1 Å². The van der Waals surface area contributed by atoms with Crippen molar-refractivity contribution in [2.75, 3.05) is 11.9 Å². The summed E-state index contributed by atoms with van der Waals surface area (Å²) in [5, 5.41) is 4.10. The largest absolute Gasteiger partial charge is 0.330 e. The number of nitrogens with zero attached hydrogens (tertiary/aromatic N) is 1. The van der Waals surface area contributed by atoms with Crippen LogP contribution in [0.15, 0.2) is 18.2 Å². The number of hydrogen-bond acceptors (Lipinski definition) is 4. The number of carbonyl (C=O) groups excluding carboxylic acids is 1. The van der Waals surface area contributed by atoms with Gasteiger partial charge in [-0.2, -0.15) is 0 Å². The first-order valence-electron chi connectivity index (χ1n) is 6.18. The van der Waals surface area contributed by atoms with Crippen molar-refractivity contribution >= 4 is 44.2 Å². The molecular weight excluding hydrogens is 282 g/mol. The Morgan fingerprint density at radius 2 is 2.37 bits per heavy atom. The summed E-state index contributed by atoms with van der Waals surface area (Å²) < 4.78 is 0.966. The van der Waals surface area contributed by atoms with Gasteiger partial charge in [0, 0.05) is 11.4 Å². The molecule has 3 N–H and O–H groups in total. The van der Waals surface area contributed by atoms with Gasteiger partial charge < -0.3 is 11.1 Å². The second kappa shape index (κ2) is 6.32. The van der Waals surface area contributed by atoms with Gasteiger partial charge in [-0.1, -0.05) is 36.3 Å². The number of halogens is 1. The van der Waals surface area contributed by atoms with Gasteiger partial charge in [0.2, 0.25) is 5.91 Å². The van der Waals surface area contributed by atoms with E-state index in [1.54, 1.807) is 6.07 Å². The number of nitrogens with one attached hydrogen (secondary N) is 1. The van der Waals surface area contributed by atoms with Gasteiger partial charge in [0.05, 0.1) is 10.2 Å². The van der Waals surface area contributed by atoms with Crippen LogP contribution in [0.4, 0.5) is 5.13 Å². The molecule has 0 saturated carbocycles. The van der Waals surface area contributed by atoms with E-state index >= 15 is 0 Å². The highest BCUT2D eigenvalue weighted by Gasteiger charge is 2.12.